The molecular weight excluding hydrogens is 517 g/mol. The third kappa shape index (κ3) is 9.27. The topological polar surface area (TPSA) is 109 Å². The Morgan fingerprint density at radius 1 is 1.23 bits per heavy atom. The Morgan fingerprint density at radius 3 is 2.59 bits per heavy atom. The van der Waals surface area contributed by atoms with Gasteiger partial charge in [0, 0.05) is 44.0 Å². The van der Waals surface area contributed by atoms with Crippen LogP contribution in [0.15, 0.2) is 53.3 Å². The van der Waals surface area contributed by atoms with E-state index in [1.165, 1.54) is 29.3 Å². The number of ether oxygens (including phenoxy) is 2. The molecule has 210 valence electrons. The molecule has 0 aliphatic carbocycles. The molecule has 39 heavy (non-hydrogen) atoms. The molecule has 1 N–H and O–H groups in total. The van der Waals surface area contributed by atoms with E-state index < -0.39 is 17.9 Å². The summed E-state index contributed by atoms with van der Waals surface area (Å²) in [4.78, 5) is 31.8. The molecule has 0 spiro atoms. The number of aromatic nitrogens is 2. The summed E-state index contributed by atoms with van der Waals surface area (Å²) in [6, 6.07) is 8.76. The van der Waals surface area contributed by atoms with Gasteiger partial charge >= 0.3 is 12.5 Å². The van der Waals surface area contributed by atoms with Gasteiger partial charge in [0.05, 0.1) is 17.8 Å². The highest BCUT2D eigenvalue weighted by Gasteiger charge is 2.32. The highest BCUT2D eigenvalue weighted by atomic mass is 19.4. The molecule has 0 saturated carbocycles. The first-order chi connectivity index (χ1) is 18.2. The van der Waals surface area contributed by atoms with E-state index >= 15 is 0 Å². The van der Waals surface area contributed by atoms with Crippen LogP contribution in [-0.2, 0) is 9.53 Å². The van der Waals surface area contributed by atoms with Crippen molar-refractivity contribution in [2.45, 2.75) is 51.5 Å². The number of hydrogen-bond acceptors (Lipinski definition) is 8. The second-order valence-corrected chi connectivity index (χ2v) is 9.91. The van der Waals surface area contributed by atoms with E-state index in [4.69, 9.17) is 4.74 Å². The fourth-order valence-corrected chi connectivity index (χ4v) is 3.81. The Kier molecular flexibility index (Phi) is 9.15. The number of benzene rings is 1. The maximum atomic E-state index is 12.6. The van der Waals surface area contributed by atoms with E-state index in [0.717, 1.165) is 6.42 Å². The molecule has 2 amide bonds. The molecule has 1 aromatic heterocycles. The number of hydrogen-bond donors (Lipinski definition) is 1. The number of aliphatic imine (C=N–C) groups is 1. The van der Waals surface area contributed by atoms with Crippen molar-refractivity contribution in [3.05, 3.63) is 54.0 Å². The molecule has 1 atom stereocenters. The lowest BCUT2D eigenvalue weighted by Crippen LogP contribution is -2.35. The summed E-state index contributed by atoms with van der Waals surface area (Å²) in [5.74, 6) is -0.567. The monoisotopic (exact) mass is 548 g/mol. The molecule has 2 heterocycles. The predicted molar refractivity (Wildman–Crippen MR) is 140 cm³/mol. The standard InChI is InChI=1S/C26H31F3N6O4/c1-25(2,3)39-24(37)35-12-11-17(15-35)21-9-10-22(33-32-21)31-23(36)13-18(30-4)16-34(5)19-7-6-8-20(14-19)38-26(27,28)29/h6-10,14,16-17H,4,11-13,15H2,1-3,5H3,(H,31,33,36)/b18-16-. The normalized spacial score (nSPS) is 16.0. The minimum absolute atomic E-state index is 0.00448. The van der Waals surface area contributed by atoms with E-state index in [0.29, 0.717) is 24.5 Å². The van der Waals surface area contributed by atoms with Crippen LogP contribution in [-0.4, -0.2) is 65.9 Å². The number of rotatable bonds is 8. The van der Waals surface area contributed by atoms with E-state index in [2.05, 4.69) is 32.0 Å². The number of likely N-dealkylation sites (tertiary alicyclic amines) is 1. The van der Waals surface area contributed by atoms with Crippen molar-refractivity contribution in [1.82, 2.24) is 15.1 Å². The van der Waals surface area contributed by atoms with Gasteiger partial charge in [-0.05, 0) is 58.2 Å². The molecule has 10 nitrogen and oxygen atoms in total. The first kappa shape index (κ1) is 29.4. The van der Waals surface area contributed by atoms with Gasteiger partial charge in [-0.1, -0.05) is 6.07 Å². The molecular formula is C26H31F3N6O4. The number of nitrogens with zero attached hydrogens (tertiary/aromatic N) is 5. The maximum absolute atomic E-state index is 12.6. The molecule has 1 aliphatic heterocycles. The van der Waals surface area contributed by atoms with Crippen LogP contribution in [0.4, 0.5) is 29.5 Å². The SMILES string of the molecule is C=N/C(=C\N(C)c1cccc(OC(F)(F)F)c1)CC(=O)Nc1ccc(C2CCN(C(=O)OC(C)(C)C)C2)nn1. The van der Waals surface area contributed by atoms with Gasteiger partial charge in [0.2, 0.25) is 5.91 Å². The summed E-state index contributed by atoms with van der Waals surface area (Å²) in [5, 5.41) is 10.9. The first-order valence-electron chi connectivity index (χ1n) is 12.1. The minimum atomic E-state index is -4.81. The van der Waals surface area contributed by atoms with Crippen LogP contribution < -0.4 is 15.0 Å². The van der Waals surface area contributed by atoms with Crippen molar-refractivity contribution in [3.63, 3.8) is 0 Å². The Balaban J connectivity index is 1.56. The molecule has 1 saturated heterocycles. The van der Waals surface area contributed by atoms with Gasteiger partial charge in [-0.3, -0.25) is 9.79 Å². The van der Waals surface area contributed by atoms with E-state index in [1.54, 1.807) is 30.1 Å². The fraction of sp³-hybridized carbons (Fsp3) is 0.423. The second kappa shape index (κ2) is 12.1. The van der Waals surface area contributed by atoms with Crippen molar-refractivity contribution < 1.29 is 32.2 Å². The minimum Gasteiger partial charge on any atom is -0.444 e. The van der Waals surface area contributed by atoms with Gasteiger partial charge in [0.25, 0.3) is 0 Å². The van der Waals surface area contributed by atoms with E-state index in [1.807, 2.05) is 20.8 Å². The third-order valence-electron chi connectivity index (χ3n) is 5.56. The smallest absolute Gasteiger partial charge is 0.444 e. The third-order valence-corrected chi connectivity index (χ3v) is 5.56. The van der Waals surface area contributed by atoms with Crippen LogP contribution in [0.2, 0.25) is 0 Å². The van der Waals surface area contributed by atoms with Crippen LogP contribution in [0.3, 0.4) is 0 Å². The Labute approximate surface area is 224 Å². The largest absolute Gasteiger partial charge is 0.573 e. The highest BCUT2D eigenvalue weighted by molar-refractivity contribution is 5.91. The van der Waals surface area contributed by atoms with Crippen molar-refractivity contribution in [3.8, 4) is 5.75 Å². The Bertz CT molecular complexity index is 1210. The summed E-state index contributed by atoms with van der Waals surface area (Å²) in [6.45, 7) is 9.93. The van der Waals surface area contributed by atoms with Gasteiger partial charge < -0.3 is 24.6 Å². The molecule has 1 fully saturated rings. The zero-order valence-electron chi connectivity index (χ0n) is 22.2. The average Bonchev–Trinajstić information content (AvgIpc) is 3.33. The lowest BCUT2D eigenvalue weighted by Gasteiger charge is -2.24. The number of halogens is 3. The first-order valence-corrected chi connectivity index (χ1v) is 12.1. The van der Waals surface area contributed by atoms with Crippen molar-refractivity contribution in [1.29, 1.82) is 0 Å². The summed E-state index contributed by atoms with van der Waals surface area (Å²) < 4.78 is 46.9. The quantitative estimate of drug-likeness (QED) is 0.457. The molecule has 1 aliphatic rings. The number of nitrogens with one attached hydrogen (secondary N) is 1. The van der Waals surface area contributed by atoms with Crippen molar-refractivity contribution in [2.24, 2.45) is 4.99 Å². The van der Waals surface area contributed by atoms with Gasteiger partial charge in [0.15, 0.2) is 5.82 Å². The van der Waals surface area contributed by atoms with Gasteiger partial charge in [-0.2, -0.15) is 5.10 Å². The molecule has 0 bridgehead atoms. The molecule has 3 rings (SSSR count). The fourth-order valence-electron chi connectivity index (χ4n) is 3.81. The number of amides is 2. The lowest BCUT2D eigenvalue weighted by atomic mass is 10.1. The Morgan fingerprint density at radius 2 is 1.97 bits per heavy atom. The van der Waals surface area contributed by atoms with Gasteiger partial charge in [0.1, 0.15) is 11.4 Å². The summed E-state index contributed by atoms with van der Waals surface area (Å²) in [5.41, 5.74) is 0.787. The molecule has 1 aromatic carbocycles. The summed E-state index contributed by atoms with van der Waals surface area (Å²) >= 11 is 0. The zero-order chi connectivity index (χ0) is 28.8. The van der Waals surface area contributed by atoms with Gasteiger partial charge in [-0.25, -0.2) is 4.79 Å². The number of carbonyl (C=O) groups excluding carboxylic acids is 2. The van der Waals surface area contributed by atoms with Crippen molar-refractivity contribution in [2.75, 3.05) is 30.4 Å². The van der Waals surface area contributed by atoms with Crippen molar-refractivity contribution >= 4 is 30.2 Å². The van der Waals surface area contributed by atoms with Crippen LogP contribution in [0.25, 0.3) is 0 Å². The molecule has 13 heteroatoms. The predicted octanol–water partition coefficient (Wildman–Crippen LogP) is 5.11. The van der Waals surface area contributed by atoms with Crippen LogP contribution >= 0.6 is 0 Å². The van der Waals surface area contributed by atoms with E-state index in [-0.39, 0.29) is 35.7 Å². The van der Waals surface area contributed by atoms with Crippen LogP contribution in [0.5, 0.6) is 5.75 Å². The Hall–Kier alpha value is -4.16. The second-order valence-electron chi connectivity index (χ2n) is 9.91. The van der Waals surface area contributed by atoms with Crippen LogP contribution in [0.1, 0.15) is 45.2 Å². The molecule has 2 aromatic rings. The summed E-state index contributed by atoms with van der Waals surface area (Å²) in [6.07, 6.45) is -3.14. The number of carbonyl (C=O) groups is 2. The van der Waals surface area contributed by atoms with Crippen LogP contribution in [0, 0.1) is 0 Å². The molecule has 1 unspecified atom stereocenters. The summed E-state index contributed by atoms with van der Waals surface area (Å²) in [7, 11) is 1.59. The number of alkyl halides is 3. The molecule has 0 radical (unpaired) electrons. The van der Waals surface area contributed by atoms with E-state index in [9.17, 15) is 22.8 Å². The van der Waals surface area contributed by atoms with Gasteiger partial charge in [-0.15, -0.1) is 18.3 Å². The highest BCUT2D eigenvalue weighted by Crippen LogP contribution is 2.28. The average molecular weight is 549 g/mol. The zero-order valence-corrected chi connectivity index (χ0v) is 22.2. The number of anilines is 2. The lowest BCUT2D eigenvalue weighted by molar-refractivity contribution is -0.274. The maximum Gasteiger partial charge on any atom is 0.573 e.